The molecule has 1 N–H and O–H groups in total. The number of hydrogen-bond acceptors (Lipinski definition) is 3. The lowest BCUT2D eigenvalue weighted by molar-refractivity contribution is -0.0769. The number of benzene rings is 1. The Morgan fingerprint density at radius 1 is 1.33 bits per heavy atom. The molecule has 3 nitrogen and oxygen atoms in total. The fourth-order valence-corrected chi connectivity index (χ4v) is 5.62. The number of ether oxygens (including phenoxy) is 2. The second kappa shape index (κ2) is 6.39. The van der Waals surface area contributed by atoms with Crippen molar-refractivity contribution in [1.29, 1.82) is 0 Å². The molecule has 2 heterocycles. The number of hydrogen-bond donors (Lipinski definition) is 1. The van der Waals surface area contributed by atoms with Crippen molar-refractivity contribution in [3.8, 4) is 0 Å². The van der Waals surface area contributed by atoms with Crippen LogP contribution in [0, 0.1) is 0 Å². The molecular formula is C20H27BrO3. The lowest BCUT2D eigenvalue weighted by atomic mass is 9.72. The Kier molecular flexibility index (Phi) is 4.53. The predicted molar refractivity (Wildman–Crippen MR) is 97.6 cm³/mol. The highest BCUT2D eigenvalue weighted by atomic mass is 79.9. The number of halogens is 1. The molecule has 4 heteroatoms. The zero-order chi connectivity index (χ0) is 16.8. The van der Waals surface area contributed by atoms with E-state index in [-0.39, 0.29) is 22.6 Å². The third-order valence-electron chi connectivity index (χ3n) is 6.32. The molecule has 2 aliphatic heterocycles. The van der Waals surface area contributed by atoms with Gasteiger partial charge in [0.05, 0.1) is 12.7 Å². The Bertz CT molecular complexity index is 574. The van der Waals surface area contributed by atoms with Crippen molar-refractivity contribution >= 4 is 15.9 Å². The summed E-state index contributed by atoms with van der Waals surface area (Å²) in [7, 11) is 0. The molecule has 0 aromatic heterocycles. The molecule has 132 valence electrons. The number of aliphatic hydroxyl groups is 1. The molecule has 3 fully saturated rings. The van der Waals surface area contributed by atoms with Crippen molar-refractivity contribution in [2.75, 3.05) is 6.61 Å². The molecule has 1 aromatic carbocycles. The van der Waals surface area contributed by atoms with Gasteiger partial charge in [-0.3, -0.25) is 0 Å². The highest BCUT2D eigenvalue weighted by molar-refractivity contribution is 9.09. The van der Waals surface area contributed by atoms with Gasteiger partial charge in [-0.25, -0.2) is 0 Å². The van der Waals surface area contributed by atoms with Crippen LogP contribution in [-0.2, 0) is 9.47 Å². The Morgan fingerprint density at radius 2 is 2.08 bits per heavy atom. The summed E-state index contributed by atoms with van der Waals surface area (Å²) in [6, 6.07) is 10.7. The van der Waals surface area contributed by atoms with Crippen LogP contribution in [0.15, 0.2) is 30.3 Å². The Labute approximate surface area is 152 Å². The molecule has 1 aliphatic carbocycles. The Balaban J connectivity index is 1.38. The fraction of sp³-hybridized carbons (Fsp3) is 0.700. The molecule has 1 saturated carbocycles. The second-order valence-electron chi connectivity index (χ2n) is 7.66. The van der Waals surface area contributed by atoms with Crippen LogP contribution in [-0.4, -0.2) is 40.0 Å². The van der Waals surface area contributed by atoms with E-state index in [0.29, 0.717) is 12.5 Å². The first-order valence-corrected chi connectivity index (χ1v) is 10.2. The number of epoxide rings is 2. The maximum atomic E-state index is 11.4. The molecule has 0 bridgehead atoms. The largest absolute Gasteiger partial charge is 0.383 e. The molecule has 0 radical (unpaired) electrons. The smallest absolute Gasteiger partial charge is 0.137 e. The summed E-state index contributed by atoms with van der Waals surface area (Å²) < 4.78 is 11.7. The predicted octanol–water partition coefficient (Wildman–Crippen LogP) is 4.18. The molecule has 4 rings (SSSR count). The topological polar surface area (TPSA) is 45.3 Å². The molecule has 1 aromatic rings. The monoisotopic (exact) mass is 394 g/mol. The molecule has 24 heavy (non-hydrogen) atoms. The van der Waals surface area contributed by atoms with E-state index in [1.807, 2.05) is 0 Å². The summed E-state index contributed by atoms with van der Waals surface area (Å²) in [5, 5.41) is 11.4. The first kappa shape index (κ1) is 17.0. The van der Waals surface area contributed by atoms with Crippen LogP contribution >= 0.6 is 15.9 Å². The van der Waals surface area contributed by atoms with E-state index in [1.165, 1.54) is 5.56 Å². The summed E-state index contributed by atoms with van der Waals surface area (Å²) in [6.45, 7) is 2.93. The number of alkyl halides is 1. The van der Waals surface area contributed by atoms with Crippen LogP contribution in [0.1, 0.15) is 56.9 Å². The maximum Gasteiger partial charge on any atom is 0.137 e. The van der Waals surface area contributed by atoms with Crippen LogP contribution in [0.4, 0.5) is 0 Å². The summed E-state index contributed by atoms with van der Waals surface area (Å²) in [4.78, 5) is 0.0762. The molecule has 6 unspecified atom stereocenters. The quantitative estimate of drug-likeness (QED) is 0.581. The average molecular weight is 395 g/mol. The SMILES string of the molecule is CCC(CCC1OC1C1(O)C(Br)CCCC12CO2)c1ccccc1. The second-order valence-corrected chi connectivity index (χ2v) is 8.76. The normalized spacial score (nSPS) is 42.0. The van der Waals surface area contributed by atoms with Gasteiger partial charge in [0.25, 0.3) is 0 Å². The van der Waals surface area contributed by atoms with Gasteiger partial charge in [0, 0.05) is 4.83 Å². The van der Waals surface area contributed by atoms with Crippen LogP contribution in [0.25, 0.3) is 0 Å². The lowest BCUT2D eigenvalue weighted by Gasteiger charge is -2.41. The van der Waals surface area contributed by atoms with E-state index in [4.69, 9.17) is 9.47 Å². The number of rotatable bonds is 6. The van der Waals surface area contributed by atoms with Crippen molar-refractivity contribution in [3.05, 3.63) is 35.9 Å². The molecule has 6 atom stereocenters. The van der Waals surface area contributed by atoms with E-state index < -0.39 is 5.60 Å². The third-order valence-corrected chi connectivity index (χ3v) is 7.47. The van der Waals surface area contributed by atoms with Gasteiger partial charge in [0.15, 0.2) is 0 Å². The zero-order valence-electron chi connectivity index (χ0n) is 14.3. The molecule has 2 saturated heterocycles. The highest BCUT2D eigenvalue weighted by Crippen LogP contribution is 2.57. The van der Waals surface area contributed by atoms with Gasteiger partial charge in [-0.05, 0) is 50.0 Å². The minimum Gasteiger partial charge on any atom is -0.383 e. The van der Waals surface area contributed by atoms with E-state index in [9.17, 15) is 5.11 Å². The van der Waals surface area contributed by atoms with Gasteiger partial charge in [0.1, 0.15) is 17.3 Å². The van der Waals surface area contributed by atoms with E-state index >= 15 is 0 Å². The van der Waals surface area contributed by atoms with Gasteiger partial charge < -0.3 is 14.6 Å². The third kappa shape index (κ3) is 2.76. The Hall–Kier alpha value is -0.420. The standard InChI is InChI=1S/C20H27BrO3/c1-2-14(15-7-4-3-5-8-15)10-11-16-18(24-16)20(22)17(21)9-6-12-19(20)13-23-19/h3-5,7-8,14,16-18,22H,2,6,9-13H2,1H3. The summed E-state index contributed by atoms with van der Waals surface area (Å²) in [6.07, 6.45) is 6.43. The van der Waals surface area contributed by atoms with E-state index in [1.54, 1.807) is 0 Å². The summed E-state index contributed by atoms with van der Waals surface area (Å²) >= 11 is 3.71. The average Bonchev–Trinajstić information content (AvgIpc) is 3.51. The van der Waals surface area contributed by atoms with E-state index in [0.717, 1.165) is 38.5 Å². The van der Waals surface area contributed by atoms with Gasteiger partial charge in [-0.2, -0.15) is 0 Å². The van der Waals surface area contributed by atoms with E-state index in [2.05, 4.69) is 53.2 Å². The van der Waals surface area contributed by atoms with Gasteiger partial charge in [-0.1, -0.05) is 53.2 Å². The van der Waals surface area contributed by atoms with Crippen molar-refractivity contribution in [3.63, 3.8) is 0 Å². The van der Waals surface area contributed by atoms with Crippen molar-refractivity contribution in [2.45, 2.75) is 79.6 Å². The zero-order valence-corrected chi connectivity index (χ0v) is 15.9. The lowest BCUT2D eigenvalue weighted by Crippen LogP contribution is -2.59. The maximum absolute atomic E-state index is 11.4. The Morgan fingerprint density at radius 3 is 2.75 bits per heavy atom. The minimum atomic E-state index is -0.857. The highest BCUT2D eigenvalue weighted by Gasteiger charge is 2.73. The molecule has 1 spiro atoms. The first-order chi connectivity index (χ1) is 11.6. The van der Waals surface area contributed by atoms with Crippen LogP contribution in [0.2, 0.25) is 0 Å². The first-order valence-electron chi connectivity index (χ1n) is 9.31. The molecule has 3 aliphatic rings. The van der Waals surface area contributed by atoms with Gasteiger partial charge in [-0.15, -0.1) is 0 Å². The fourth-order valence-electron chi connectivity index (χ4n) is 4.62. The van der Waals surface area contributed by atoms with Crippen LogP contribution in [0.3, 0.4) is 0 Å². The summed E-state index contributed by atoms with van der Waals surface area (Å²) in [5.41, 5.74) is 0.209. The van der Waals surface area contributed by atoms with Gasteiger partial charge >= 0.3 is 0 Å². The molecular weight excluding hydrogens is 368 g/mol. The summed E-state index contributed by atoms with van der Waals surface area (Å²) in [5.74, 6) is 0.572. The van der Waals surface area contributed by atoms with Crippen molar-refractivity contribution in [1.82, 2.24) is 0 Å². The molecule has 0 amide bonds. The minimum absolute atomic E-state index is 0.0713. The van der Waals surface area contributed by atoms with Crippen molar-refractivity contribution in [2.24, 2.45) is 0 Å². The van der Waals surface area contributed by atoms with Crippen molar-refractivity contribution < 1.29 is 14.6 Å². The van der Waals surface area contributed by atoms with Gasteiger partial charge in [0.2, 0.25) is 0 Å². The van der Waals surface area contributed by atoms with Crippen LogP contribution in [0.5, 0.6) is 0 Å². The van der Waals surface area contributed by atoms with Crippen LogP contribution < -0.4 is 0 Å².